The van der Waals surface area contributed by atoms with Gasteiger partial charge in [-0.2, -0.15) is 0 Å². The molecule has 0 heterocycles. The van der Waals surface area contributed by atoms with E-state index in [2.05, 4.69) is 6.92 Å². The van der Waals surface area contributed by atoms with Crippen LogP contribution >= 0.6 is 0 Å². The van der Waals surface area contributed by atoms with Crippen LogP contribution in [0.2, 0.25) is 0 Å². The molecular formula is C18H24O2. The summed E-state index contributed by atoms with van der Waals surface area (Å²) in [6.07, 6.45) is 10.2. The molecule has 0 aliphatic heterocycles. The van der Waals surface area contributed by atoms with Gasteiger partial charge in [0.15, 0.2) is 5.78 Å². The molecule has 0 amide bonds. The molecule has 2 heteroatoms. The molecule has 0 aromatic heterocycles. The van der Waals surface area contributed by atoms with Crippen molar-refractivity contribution in [2.75, 3.05) is 0 Å². The predicted molar refractivity (Wildman–Crippen MR) is 78.1 cm³/mol. The number of ketones is 1. The number of aliphatic hydroxyl groups excluding tert-OH is 1. The Morgan fingerprint density at radius 2 is 2.10 bits per heavy atom. The van der Waals surface area contributed by atoms with Gasteiger partial charge in [0, 0.05) is 12.3 Å². The van der Waals surface area contributed by atoms with Gasteiger partial charge in [-0.25, -0.2) is 0 Å². The minimum absolute atomic E-state index is 0.247. The van der Waals surface area contributed by atoms with Gasteiger partial charge in [0.2, 0.25) is 0 Å². The molecular weight excluding hydrogens is 248 g/mol. The van der Waals surface area contributed by atoms with Gasteiger partial charge < -0.3 is 5.11 Å². The highest BCUT2D eigenvalue weighted by Gasteiger charge is 2.51. The number of hydrogen-bond acceptors (Lipinski definition) is 2. The van der Waals surface area contributed by atoms with E-state index in [1.807, 2.05) is 6.08 Å². The largest absolute Gasteiger partial charge is 0.392 e. The molecule has 0 aromatic carbocycles. The van der Waals surface area contributed by atoms with Crippen molar-refractivity contribution in [3.8, 4) is 0 Å². The molecule has 2 fully saturated rings. The highest BCUT2D eigenvalue weighted by Crippen LogP contribution is 2.59. The third kappa shape index (κ3) is 1.70. The topological polar surface area (TPSA) is 37.3 Å². The van der Waals surface area contributed by atoms with Crippen LogP contribution in [-0.4, -0.2) is 17.0 Å². The number of allylic oxidation sites excluding steroid dienone is 2. The van der Waals surface area contributed by atoms with Gasteiger partial charge in [-0.05, 0) is 67.1 Å². The van der Waals surface area contributed by atoms with Gasteiger partial charge in [-0.3, -0.25) is 4.79 Å². The van der Waals surface area contributed by atoms with E-state index >= 15 is 0 Å². The lowest BCUT2D eigenvalue weighted by molar-refractivity contribution is -0.114. The summed E-state index contributed by atoms with van der Waals surface area (Å²) in [5, 5.41) is 10.7. The fraction of sp³-hybridized carbons (Fsp3) is 0.722. The molecule has 1 N–H and O–H groups in total. The Morgan fingerprint density at radius 3 is 2.95 bits per heavy atom. The smallest absolute Gasteiger partial charge is 0.156 e. The lowest BCUT2D eigenvalue weighted by Gasteiger charge is -2.49. The summed E-state index contributed by atoms with van der Waals surface area (Å²) in [6, 6.07) is 0. The molecule has 2 saturated carbocycles. The maximum atomic E-state index is 11.6. The fourth-order valence-corrected chi connectivity index (χ4v) is 5.53. The second-order valence-electron chi connectivity index (χ2n) is 7.59. The van der Waals surface area contributed by atoms with Crippen molar-refractivity contribution in [3.63, 3.8) is 0 Å². The quantitative estimate of drug-likeness (QED) is 0.732. The van der Waals surface area contributed by atoms with E-state index in [1.54, 1.807) is 0 Å². The minimum Gasteiger partial charge on any atom is -0.392 e. The Morgan fingerprint density at radius 1 is 1.25 bits per heavy atom. The molecule has 4 aliphatic carbocycles. The average Bonchev–Trinajstić information content (AvgIpc) is 2.79. The number of rotatable bonds is 0. The van der Waals surface area contributed by atoms with Gasteiger partial charge in [-0.1, -0.05) is 18.9 Å². The van der Waals surface area contributed by atoms with Crippen molar-refractivity contribution < 1.29 is 9.90 Å². The molecule has 20 heavy (non-hydrogen) atoms. The average molecular weight is 272 g/mol. The lowest BCUT2D eigenvalue weighted by Crippen LogP contribution is -2.43. The fourth-order valence-electron chi connectivity index (χ4n) is 5.53. The maximum Gasteiger partial charge on any atom is 0.156 e. The van der Waals surface area contributed by atoms with Crippen molar-refractivity contribution in [3.05, 3.63) is 22.8 Å². The van der Waals surface area contributed by atoms with Crippen LogP contribution in [0.5, 0.6) is 0 Å². The standard InChI is InChI=1S/C18H24O2/c1-18-7-2-3-15(18)17-14(6-8-18)13-5-4-12(19)9-11(13)10-16(17)20/h9,15-17,20H,2-8,10H2,1H3/t15-,16+,17+,18-/m0/s1. The van der Waals surface area contributed by atoms with Crippen LogP contribution in [0.15, 0.2) is 22.8 Å². The second kappa shape index (κ2) is 4.30. The summed E-state index contributed by atoms with van der Waals surface area (Å²) in [5.41, 5.74) is 4.59. The van der Waals surface area contributed by atoms with E-state index in [0.717, 1.165) is 18.4 Å². The normalized spacial score (nSPS) is 43.8. The molecule has 0 unspecified atom stereocenters. The van der Waals surface area contributed by atoms with Gasteiger partial charge in [0.25, 0.3) is 0 Å². The van der Waals surface area contributed by atoms with Crippen LogP contribution in [-0.2, 0) is 4.79 Å². The Hall–Kier alpha value is -0.890. The molecule has 108 valence electrons. The molecule has 4 rings (SSSR count). The van der Waals surface area contributed by atoms with Crippen LogP contribution in [0.3, 0.4) is 0 Å². The van der Waals surface area contributed by atoms with Gasteiger partial charge in [0.1, 0.15) is 0 Å². The first-order valence-electron chi connectivity index (χ1n) is 8.22. The summed E-state index contributed by atoms with van der Waals surface area (Å²) in [7, 11) is 0. The highest BCUT2D eigenvalue weighted by atomic mass is 16.3. The first kappa shape index (κ1) is 12.8. The minimum atomic E-state index is -0.256. The monoisotopic (exact) mass is 272 g/mol. The third-order valence-electron chi connectivity index (χ3n) is 6.53. The summed E-state index contributed by atoms with van der Waals surface area (Å²) in [5.74, 6) is 1.31. The van der Waals surface area contributed by atoms with Crippen LogP contribution in [0.1, 0.15) is 58.3 Å². The SMILES string of the molecule is C[C@@]12CCC[C@H]1[C@H]1C(=C3CCC(=O)C=C3C[C@H]1O)CC2. The molecule has 0 saturated heterocycles. The zero-order chi connectivity index (χ0) is 13.9. The number of carbonyl (C=O) groups excluding carboxylic acids is 1. The van der Waals surface area contributed by atoms with Crippen molar-refractivity contribution in [2.24, 2.45) is 17.3 Å². The molecule has 2 nitrogen and oxygen atoms in total. The van der Waals surface area contributed by atoms with Crippen LogP contribution in [0.25, 0.3) is 0 Å². The summed E-state index contributed by atoms with van der Waals surface area (Å²) in [6.45, 7) is 2.44. The zero-order valence-corrected chi connectivity index (χ0v) is 12.3. The second-order valence-corrected chi connectivity index (χ2v) is 7.59. The summed E-state index contributed by atoms with van der Waals surface area (Å²) in [4.78, 5) is 11.6. The zero-order valence-electron chi connectivity index (χ0n) is 12.3. The van der Waals surface area contributed by atoms with Crippen LogP contribution < -0.4 is 0 Å². The van der Waals surface area contributed by atoms with E-state index < -0.39 is 0 Å². The van der Waals surface area contributed by atoms with Crippen molar-refractivity contribution in [1.29, 1.82) is 0 Å². The van der Waals surface area contributed by atoms with E-state index in [4.69, 9.17) is 0 Å². The van der Waals surface area contributed by atoms with E-state index in [-0.39, 0.29) is 11.9 Å². The molecule has 4 aliphatic rings. The molecule has 4 atom stereocenters. The Balaban J connectivity index is 1.79. The number of carbonyl (C=O) groups is 1. The Kier molecular flexibility index (Phi) is 2.76. The van der Waals surface area contributed by atoms with Crippen molar-refractivity contribution >= 4 is 5.78 Å². The highest BCUT2D eigenvalue weighted by molar-refractivity contribution is 5.93. The number of hydrogen-bond donors (Lipinski definition) is 1. The summed E-state index contributed by atoms with van der Waals surface area (Å²) < 4.78 is 0. The Bertz CT molecular complexity index is 528. The number of aliphatic hydroxyl groups is 1. The van der Waals surface area contributed by atoms with Crippen molar-refractivity contribution in [1.82, 2.24) is 0 Å². The van der Waals surface area contributed by atoms with Gasteiger partial charge in [0.05, 0.1) is 6.10 Å². The van der Waals surface area contributed by atoms with Crippen LogP contribution in [0.4, 0.5) is 0 Å². The first-order chi connectivity index (χ1) is 9.58. The van der Waals surface area contributed by atoms with Gasteiger partial charge in [-0.15, -0.1) is 0 Å². The third-order valence-corrected chi connectivity index (χ3v) is 6.53. The van der Waals surface area contributed by atoms with E-state index in [1.165, 1.54) is 36.8 Å². The lowest BCUT2D eigenvalue weighted by atomic mass is 9.57. The first-order valence-corrected chi connectivity index (χ1v) is 8.22. The molecule has 0 bridgehead atoms. The predicted octanol–water partition coefficient (Wildman–Crippen LogP) is 3.55. The summed E-state index contributed by atoms with van der Waals surface area (Å²) >= 11 is 0. The Labute approximate surface area is 120 Å². The van der Waals surface area contributed by atoms with Crippen LogP contribution in [0, 0.1) is 17.3 Å². The molecule has 0 radical (unpaired) electrons. The van der Waals surface area contributed by atoms with E-state index in [0.29, 0.717) is 30.1 Å². The van der Waals surface area contributed by atoms with Gasteiger partial charge >= 0.3 is 0 Å². The van der Waals surface area contributed by atoms with Crippen molar-refractivity contribution in [2.45, 2.75) is 64.4 Å². The molecule has 0 spiro atoms. The van der Waals surface area contributed by atoms with E-state index in [9.17, 15) is 9.90 Å². The number of fused-ring (bicyclic) bond motifs is 4. The maximum absolute atomic E-state index is 11.6. The molecule has 0 aromatic rings.